The summed E-state index contributed by atoms with van der Waals surface area (Å²) in [5.41, 5.74) is 3.16. The van der Waals surface area contributed by atoms with Crippen molar-refractivity contribution in [3.63, 3.8) is 0 Å². The van der Waals surface area contributed by atoms with Gasteiger partial charge in [0.05, 0.1) is 17.8 Å². The normalized spacial score (nSPS) is 16.5. The smallest absolute Gasteiger partial charge is 0.387 e. The molecular formula is C23H31F2N3O3. The number of nitrogens with zero attached hydrogens (tertiary/aromatic N) is 2. The molecule has 31 heavy (non-hydrogen) atoms. The number of benzene rings is 1. The van der Waals surface area contributed by atoms with Crippen LogP contribution in [0.1, 0.15) is 51.4 Å². The zero-order chi connectivity index (χ0) is 22.8. The van der Waals surface area contributed by atoms with Gasteiger partial charge >= 0.3 is 6.61 Å². The summed E-state index contributed by atoms with van der Waals surface area (Å²) in [6, 6.07) is 6.73. The van der Waals surface area contributed by atoms with Crippen molar-refractivity contribution in [1.29, 1.82) is 0 Å². The van der Waals surface area contributed by atoms with Crippen LogP contribution in [0, 0.1) is 5.92 Å². The van der Waals surface area contributed by atoms with Gasteiger partial charge in [0.1, 0.15) is 5.75 Å². The van der Waals surface area contributed by atoms with Gasteiger partial charge in [0, 0.05) is 42.3 Å². The quantitative estimate of drug-likeness (QED) is 0.668. The van der Waals surface area contributed by atoms with Crippen LogP contribution in [0.3, 0.4) is 0 Å². The maximum Gasteiger partial charge on any atom is 0.387 e. The van der Waals surface area contributed by atoms with Crippen LogP contribution in [0.5, 0.6) is 5.75 Å². The van der Waals surface area contributed by atoms with Crippen molar-refractivity contribution in [1.82, 2.24) is 15.1 Å². The number of nitrogens with one attached hydrogen (secondary N) is 1. The van der Waals surface area contributed by atoms with Crippen LogP contribution in [-0.4, -0.2) is 41.6 Å². The third kappa shape index (κ3) is 5.42. The fourth-order valence-corrected chi connectivity index (χ4v) is 4.17. The molecule has 6 nitrogen and oxygen atoms in total. The van der Waals surface area contributed by atoms with Crippen molar-refractivity contribution in [3.05, 3.63) is 35.5 Å². The second-order valence-electron chi connectivity index (χ2n) is 8.96. The molecule has 1 aromatic carbocycles. The number of methoxy groups -OCH3 is 1. The summed E-state index contributed by atoms with van der Waals surface area (Å²) in [5, 5.41) is 7.89. The van der Waals surface area contributed by atoms with Gasteiger partial charge in [-0.15, -0.1) is 0 Å². The van der Waals surface area contributed by atoms with Crippen molar-refractivity contribution in [3.8, 4) is 17.0 Å². The Morgan fingerprint density at radius 3 is 2.74 bits per heavy atom. The molecule has 2 aromatic rings. The lowest BCUT2D eigenvalue weighted by molar-refractivity contribution is -0.127. The first-order valence-electron chi connectivity index (χ1n) is 10.6. The fourth-order valence-electron chi connectivity index (χ4n) is 4.17. The third-order valence-electron chi connectivity index (χ3n) is 5.46. The Morgan fingerprint density at radius 1 is 1.35 bits per heavy atom. The maximum absolute atomic E-state index is 12.9. The topological polar surface area (TPSA) is 65.4 Å². The van der Waals surface area contributed by atoms with Gasteiger partial charge in [-0.3, -0.25) is 9.48 Å². The van der Waals surface area contributed by atoms with Crippen molar-refractivity contribution < 1.29 is 23.0 Å². The number of hydrogen-bond acceptors (Lipinski definition) is 4. The summed E-state index contributed by atoms with van der Waals surface area (Å²) >= 11 is 0. The van der Waals surface area contributed by atoms with E-state index in [1.807, 2.05) is 38.4 Å². The van der Waals surface area contributed by atoms with Gasteiger partial charge in [0.25, 0.3) is 0 Å². The molecule has 1 amide bonds. The summed E-state index contributed by atoms with van der Waals surface area (Å²) in [6.07, 6.45) is 1.98. The van der Waals surface area contributed by atoms with Crippen molar-refractivity contribution in [2.24, 2.45) is 5.92 Å². The van der Waals surface area contributed by atoms with Gasteiger partial charge in [-0.1, -0.05) is 12.1 Å². The number of rotatable bonds is 8. The number of carbonyl (C=O) groups excluding carboxylic acids is 1. The molecular weight excluding hydrogens is 404 g/mol. The zero-order valence-electron chi connectivity index (χ0n) is 18.7. The number of amides is 1. The molecule has 0 saturated carbocycles. The Hall–Kier alpha value is -2.48. The summed E-state index contributed by atoms with van der Waals surface area (Å²) in [4.78, 5) is 12.9. The van der Waals surface area contributed by atoms with Gasteiger partial charge in [0.15, 0.2) is 0 Å². The number of halogens is 2. The van der Waals surface area contributed by atoms with E-state index in [4.69, 9.17) is 9.84 Å². The van der Waals surface area contributed by atoms with Crippen LogP contribution < -0.4 is 10.1 Å². The third-order valence-corrected chi connectivity index (χ3v) is 5.46. The van der Waals surface area contributed by atoms with E-state index in [1.165, 1.54) is 6.07 Å². The average Bonchev–Trinajstić information content (AvgIpc) is 3.06. The minimum Gasteiger partial charge on any atom is -0.435 e. The van der Waals surface area contributed by atoms with Gasteiger partial charge in [-0.2, -0.15) is 13.9 Å². The highest BCUT2D eigenvalue weighted by Crippen LogP contribution is 2.36. The van der Waals surface area contributed by atoms with E-state index < -0.39 is 12.2 Å². The molecule has 0 fully saturated rings. The predicted molar refractivity (Wildman–Crippen MR) is 114 cm³/mol. The van der Waals surface area contributed by atoms with E-state index in [-0.39, 0.29) is 23.6 Å². The molecule has 170 valence electrons. The van der Waals surface area contributed by atoms with E-state index in [1.54, 1.807) is 19.2 Å². The molecule has 1 N–H and O–H groups in total. The minimum absolute atomic E-state index is 0.0121. The molecule has 1 heterocycles. The lowest BCUT2D eigenvalue weighted by Crippen LogP contribution is -2.49. The van der Waals surface area contributed by atoms with Crippen molar-refractivity contribution in [2.45, 2.75) is 65.1 Å². The number of ether oxygens (including phenoxy) is 2. The SMILES string of the molecule is COCC(C)(C)NC(=O)C1CCc2c(-c3cccc(OC(F)F)c3)nn(C(C)C)c2C1. The first-order chi connectivity index (χ1) is 14.6. The van der Waals surface area contributed by atoms with Crippen molar-refractivity contribution in [2.75, 3.05) is 13.7 Å². The standard InChI is InChI=1S/C23H31F2N3O3/c1-14(2)28-19-12-16(21(29)26-23(3,4)13-30-5)9-10-18(19)20(27-28)15-7-6-8-17(11-15)31-22(24)25/h6-8,11,14,16,22H,9-10,12-13H2,1-5H3,(H,26,29). The first kappa shape index (κ1) is 23.2. The maximum atomic E-state index is 12.9. The number of aromatic nitrogens is 2. The highest BCUT2D eigenvalue weighted by molar-refractivity contribution is 5.80. The van der Waals surface area contributed by atoms with Gasteiger partial charge < -0.3 is 14.8 Å². The highest BCUT2D eigenvalue weighted by atomic mass is 19.3. The van der Waals surface area contributed by atoms with Crippen LogP contribution in [0.25, 0.3) is 11.3 Å². The lowest BCUT2D eigenvalue weighted by atomic mass is 9.84. The molecule has 1 atom stereocenters. The summed E-state index contributed by atoms with van der Waals surface area (Å²) in [5.74, 6) is -0.0361. The Bertz CT molecular complexity index is 925. The Labute approximate surface area is 181 Å². The minimum atomic E-state index is -2.88. The molecule has 1 aliphatic carbocycles. The fraction of sp³-hybridized carbons (Fsp3) is 0.565. The predicted octanol–water partition coefficient (Wildman–Crippen LogP) is 4.38. The zero-order valence-corrected chi connectivity index (χ0v) is 18.7. The number of carbonyl (C=O) groups is 1. The first-order valence-corrected chi connectivity index (χ1v) is 10.6. The molecule has 1 unspecified atom stereocenters. The van der Waals surface area contributed by atoms with Crippen LogP contribution in [0.4, 0.5) is 8.78 Å². The largest absolute Gasteiger partial charge is 0.435 e. The van der Waals surface area contributed by atoms with E-state index >= 15 is 0 Å². The van der Waals surface area contributed by atoms with Crippen LogP contribution in [0.15, 0.2) is 24.3 Å². The number of alkyl halides is 2. The second-order valence-corrected chi connectivity index (χ2v) is 8.96. The van der Waals surface area contributed by atoms with Crippen LogP contribution >= 0.6 is 0 Å². The Kier molecular flexibility index (Phi) is 6.99. The Morgan fingerprint density at radius 2 is 2.10 bits per heavy atom. The van der Waals surface area contributed by atoms with Crippen LogP contribution in [0.2, 0.25) is 0 Å². The highest BCUT2D eigenvalue weighted by Gasteiger charge is 2.33. The number of hydrogen-bond donors (Lipinski definition) is 1. The van der Waals surface area contributed by atoms with E-state index in [0.29, 0.717) is 25.9 Å². The van der Waals surface area contributed by atoms with E-state index in [2.05, 4.69) is 10.1 Å². The molecule has 1 aliphatic rings. The number of fused-ring (bicyclic) bond motifs is 1. The van der Waals surface area contributed by atoms with Crippen molar-refractivity contribution >= 4 is 5.91 Å². The molecule has 0 bridgehead atoms. The molecule has 8 heteroatoms. The van der Waals surface area contributed by atoms with Gasteiger partial charge in [0.2, 0.25) is 5.91 Å². The summed E-state index contributed by atoms with van der Waals surface area (Å²) in [7, 11) is 1.62. The monoisotopic (exact) mass is 435 g/mol. The molecule has 0 spiro atoms. The second kappa shape index (κ2) is 9.34. The molecule has 3 rings (SSSR count). The van der Waals surface area contributed by atoms with Gasteiger partial charge in [-0.05, 0) is 52.7 Å². The van der Waals surface area contributed by atoms with E-state index in [9.17, 15) is 13.6 Å². The molecule has 0 saturated heterocycles. The molecule has 0 aliphatic heterocycles. The Balaban J connectivity index is 1.89. The lowest BCUT2D eigenvalue weighted by Gasteiger charge is -2.30. The van der Waals surface area contributed by atoms with Crippen LogP contribution in [-0.2, 0) is 22.4 Å². The average molecular weight is 436 g/mol. The van der Waals surface area contributed by atoms with Gasteiger partial charge in [-0.25, -0.2) is 0 Å². The molecule has 0 radical (unpaired) electrons. The summed E-state index contributed by atoms with van der Waals surface area (Å²) < 4.78 is 37.0. The molecule has 1 aromatic heterocycles. The summed E-state index contributed by atoms with van der Waals surface area (Å²) in [6.45, 7) is 5.51. The van der Waals surface area contributed by atoms with E-state index in [0.717, 1.165) is 22.5 Å².